The number of nitrogen functional groups attached to an aromatic ring is 1. The van der Waals surface area contributed by atoms with Crippen LogP contribution in [0.5, 0.6) is 5.75 Å². The van der Waals surface area contributed by atoms with Crippen LogP contribution in [-0.4, -0.2) is 26.2 Å². The summed E-state index contributed by atoms with van der Waals surface area (Å²) in [5.41, 5.74) is 6.21. The number of rotatable bonds is 2. The van der Waals surface area contributed by atoms with E-state index in [0.29, 0.717) is 5.75 Å². The summed E-state index contributed by atoms with van der Waals surface area (Å²) >= 11 is 0. The van der Waals surface area contributed by atoms with Crippen LogP contribution in [0, 0.1) is 0 Å². The van der Waals surface area contributed by atoms with Crippen molar-refractivity contribution >= 4 is 27.3 Å². The van der Waals surface area contributed by atoms with Gasteiger partial charge < -0.3 is 10.5 Å². The van der Waals surface area contributed by atoms with E-state index < -0.39 is 20.7 Å². The predicted octanol–water partition coefficient (Wildman–Crippen LogP) is 0.732. The molecule has 6 nitrogen and oxygen atoms in total. The van der Waals surface area contributed by atoms with Crippen molar-refractivity contribution in [1.29, 1.82) is 0 Å². The molecule has 1 saturated heterocycles. The van der Waals surface area contributed by atoms with E-state index in [1.165, 1.54) is 39.2 Å². The highest BCUT2D eigenvalue weighted by molar-refractivity contribution is 7.98. The second kappa shape index (κ2) is 3.61. The zero-order valence-electron chi connectivity index (χ0n) is 10.3. The number of nitrogens with two attached hydrogens (primary N) is 1. The summed E-state index contributed by atoms with van der Waals surface area (Å²) in [6.45, 7) is 2.77. The molecule has 18 heavy (non-hydrogen) atoms. The average molecular weight is 270 g/mol. The Kier molecular flexibility index (Phi) is 2.55. The van der Waals surface area contributed by atoms with Gasteiger partial charge in [-0.1, -0.05) is 0 Å². The van der Waals surface area contributed by atoms with E-state index in [1.54, 1.807) is 0 Å². The first-order chi connectivity index (χ1) is 8.23. The van der Waals surface area contributed by atoms with E-state index in [-0.39, 0.29) is 11.4 Å². The van der Waals surface area contributed by atoms with Crippen molar-refractivity contribution in [2.24, 2.45) is 0 Å². The Labute approximate surface area is 105 Å². The van der Waals surface area contributed by atoms with Crippen molar-refractivity contribution < 1.29 is 17.9 Å². The van der Waals surface area contributed by atoms with Crippen molar-refractivity contribution in [1.82, 2.24) is 0 Å². The molecule has 2 rings (SSSR count). The monoisotopic (exact) mass is 270 g/mol. The Bertz CT molecular complexity index is 622. The number of amides is 1. The molecule has 2 N–H and O–H groups in total. The molecule has 0 atom stereocenters. The third-order valence-corrected chi connectivity index (χ3v) is 5.35. The fourth-order valence-corrected chi connectivity index (χ4v) is 3.23. The Morgan fingerprint density at radius 3 is 2.39 bits per heavy atom. The van der Waals surface area contributed by atoms with Gasteiger partial charge in [0.05, 0.1) is 18.5 Å². The molecule has 1 aliphatic rings. The molecule has 0 bridgehead atoms. The number of hydrogen-bond acceptors (Lipinski definition) is 5. The number of sulfonamides is 1. The van der Waals surface area contributed by atoms with Crippen LogP contribution in [0.1, 0.15) is 13.8 Å². The molecule has 1 amide bonds. The van der Waals surface area contributed by atoms with Gasteiger partial charge >= 0.3 is 0 Å². The van der Waals surface area contributed by atoms with Crippen molar-refractivity contribution in [2.75, 3.05) is 17.1 Å². The highest BCUT2D eigenvalue weighted by atomic mass is 32.2. The molecule has 0 aliphatic carbocycles. The third-order valence-electron chi connectivity index (χ3n) is 3.03. The molecule has 1 aromatic carbocycles. The zero-order valence-corrected chi connectivity index (χ0v) is 11.1. The molecule has 98 valence electrons. The van der Waals surface area contributed by atoms with Crippen molar-refractivity contribution in [3.63, 3.8) is 0 Å². The minimum Gasteiger partial charge on any atom is -0.495 e. The molecule has 0 saturated carbocycles. The van der Waals surface area contributed by atoms with Crippen molar-refractivity contribution in [2.45, 2.75) is 18.6 Å². The lowest BCUT2D eigenvalue weighted by atomic mass is 10.1. The standard InChI is InChI=1S/C11H14N2O4S/c1-11(2)10(14)13(18(11,15)16)7-4-5-9(17-3)8(12)6-7/h4-6H,12H2,1-3H3. The minimum atomic E-state index is -3.65. The topological polar surface area (TPSA) is 89.7 Å². The maximum atomic E-state index is 12.0. The number of benzene rings is 1. The molecule has 7 heteroatoms. The van der Waals surface area contributed by atoms with Gasteiger partial charge in [-0.3, -0.25) is 4.79 Å². The number of ether oxygens (including phenoxy) is 1. The van der Waals surface area contributed by atoms with Crippen LogP contribution in [0.15, 0.2) is 18.2 Å². The van der Waals surface area contributed by atoms with Crippen LogP contribution in [0.2, 0.25) is 0 Å². The SMILES string of the molecule is COc1ccc(N2C(=O)C(C)(C)S2(=O)=O)cc1N. The van der Waals surface area contributed by atoms with Crippen molar-refractivity contribution in [3.05, 3.63) is 18.2 Å². The van der Waals surface area contributed by atoms with E-state index >= 15 is 0 Å². The summed E-state index contributed by atoms with van der Waals surface area (Å²) in [7, 11) is -2.19. The van der Waals surface area contributed by atoms with E-state index in [1.807, 2.05) is 0 Å². The van der Waals surface area contributed by atoms with Gasteiger partial charge in [0.2, 0.25) is 0 Å². The van der Waals surface area contributed by atoms with E-state index in [4.69, 9.17) is 10.5 Å². The van der Waals surface area contributed by atoms with Crippen LogP contribution in [0.25, 0.3) is 0 Å². The molecule has 1 heterocycles. The smallest absolute Gasteiger partial charge is 0.263 e. The van der Waals surface area contributed by atoms with E-state index in [0.717, 1.165) is 4.31 Å². The fraction of sp³-hybridized carbons (Fsp3) is 0.364. The molecule has 0 spiro atoms. The van der Waals surface area contributed by atoms with E-state index in [2.05, 4.69) is 0 Å². The lowest BCUT2D eigenvalue weighted by Gasteiger charge is -2.42. The number of hydrogen-bond donors (Lipinski definition) is 1. The Morgan fingerprint density at radius 1 is 1.33 bits per heavy atom. The van der Waals surface area contributed by atoms with Crippen LogP contribution >= 0.6 is 0 Å². The Hall–Kier alpha value is -1.76. The van der Waals surface area contributed by atoms with Gasteiger partial charge in [0.15, 0.2) is 4.75 Å². The first-order valence-corrected chi connectivity index (χ1v) is 6.70. The lowest BCUT2D eigenvalue weighted by molar-refractivity contribution is -0.120. The fourth-order valence-electron chi connectivity index (χ4n) is 1.76. The van der Waals surface area contributed by atoms with Gasteiger partial charge in [0, 0.05) is 0 Å². The van der Waals surface area contributed by atoms with Crippen LogP contribution in [-0.2, 0) is 14.8 Å². The first-order valence-electron chi connectivity index (χ1n) is 5.26. The Morgan fingerprint density at radius 2 is 1.94 bits per heavy atom. The minimum absolute atomic E-state index is 0.234. The molecule has 1 aromatic rings. The highest BCUT2D eigenvalue weighted by Gasteiger charge is 2.60. The van der Waals surface area contributed by atoms with Gasteiger partial charge in [0.25, 0.3) is 15.9 Å². The molecular weight excluding hydrogens is 256 g/mol. The molecule has 0 radical (unpaired) electrons. The molecule has 1 fully saturated rings. The largest absolute Gasteiger partial charge is 0.495 e. The summed E-state index contributed by atoms with van der Waals surface area (Å²) < 4.78 is 28.3. The van der Waals surface area contributed by atoms with Gasteiger partial charge in [-0.25, -0.2) is 12.7 Å². The average Bonchev–Trinajstić information content (AvgIpc) is 2.28. The van der Waals surface area contributed by atoms with Crippen LogP contribution in [0.4, 0.5) is 11.4 Å². The second-order valence-corrected chi connectivity index (χ2v) is 6.85. The van der Waals surface area contributed by atoms with Crippen molar-refractivity contribution in [3.8, 4) is 5.75 Å². The summed E-state index contributed by atoms with van der Waals surface area (Å²) in [5, 5.41) is 0. The summed E-state index contributed by atoms with van der Waals surface area (Å²) in [4.78, 5) is 11.8. The molecule has 0 unspecified atom stereocenters. The normalized spacial score (nSPS) is 20.4. The lowest BCUT2D eigenvalue weighted by Crippen LogP contribution is -2.67. The number of methoxy groups -OCH3 is 1. The Balaban J connectivity index is 2.47. The van der Waals surface area contributed by atoms with Gasteiger partial charge in [-0.15, -0.1) is 0 Å². The number of nitrogens with zero attached hydrogens (tertiary/aromatic N) is 1. The van der Waals surface area contributed by atoms with Gasteiger partial charge in [-0.05, 0) is 32.0 Å². The highest BCUT2D eigenvalue weighted by Crippen LogP contribution is 2.40. The maximum absolute atomic E-state index is 12.0. The number of anilines is 2. The zero-order chi connectivity index (χ0) is 13.7. The first kappa shape index (κ1) is 12.7. The van der Waals surface area contributed by atoms with Crippen LogP contribution < -0.4 is 14.8 Å². The molecular formula is C11H14N2O4S. The predicted molar refractivity (Wildman–Crippen MR) is 67.9 cm³/mol. The number of carbonyl (C=O) groups excluding carboxylic acids is 1. The maximum Gasteiger partial charge on any atom is 0.263 e. The quantitative estimate of drug-likeness (QED) is 0.800. The summed E-state index contributed by atoms with van der Waals surface area (Å²) in [6, 6.07) is 4.42. The van der Waals surface area contributed by atoms with E-state index in [9.17, 15) is 13.2 Å². The number of carbonyl (C=O) groups is 1. The van der Waals surface area contributed by atoms with Crippen LogP contribution in [0.3, 0.4) is 0 Å². The van der Waals surface area contributed by atoms with Gasteiger partial charge in [0.1, 0.15) is 5.75 Å². The summed E-state index contributed by atoms with van der Waals surface area (Å²) in [5.74, 6) is -0.0320. The molecule has 0 aromatic heterocycles. The third kappa shape index (κ3) is 1.40. The summed E-state index contributed by atoms with van der Waals surface area (Å²) in [6.07, 6.45) is 0. The second-order valence-electron chi connectivity index (χ2n) is 4.51. The molecule has 1 aliphatic heterocycles. The van der Waals surface area contributed by atoms with Gasteiger partial charge in [-0.2, -0.15) is 0 Å².